The van der Waals surface area contributed by atoms with E-state index in [1.165, 1.54) is 13.8 Å². The molecule has 7 amide bonds. The molecule has 21 heteroatoms. The van der Waals surface area contributed by atoms with E-state index < -0.39 is 108 Å². The van der Waals surface area contributed by atoms with E-state index in [1.807, 2.05) is 30.3 Å². The van der Waals surface area contributed by atoms with Crippen LogP contribution in [-0.2, 0) is 52.8 Å². The number of aromatic amines is 1. The van der Waals surface area contributed by atoms with E-state index in [-0.39, 0.29) is 43.7 Å². The zero-order valence-corrected chi connectivity index (χ0v) is 40.1. The van der Waals surface area contributed by atoms with Crippen LogP contribution in [0.1, 0.15) is 49.8 Å². The smallest absolute Gasteiger partial charge is 0.245 e. The lowest BCUT2D eigenvalue weighted by Crippen LogP contribution is -2.62. The Kier molecular flexibility index (Phi) is 21.2. The summed E-state index contributed by atoms with van der Waals surface area (Å²) >= 11 is 0.947. The summed E-state index contributed by atoms with van der Waals surface area (Å²) in [5, 5.41) is 50.5. The molecule has 10 atom stereocenters. The van der Waals surface area contributed by atoms with Gasteiger partial charge in [0.15, 0.2) is 0 Å². The largest absolute Gasteiger partial charge is 0.394 e. The van der Waals surface area contributed by atoms with Crippen LogP contribution in [0, 0.1) is 0 Å². The van der Waals surface area contributed by atoms with Crippen molar-refractivity contribution < 1.29 is 48.9 Å². The maximum absolute atomic E-state index is 14.7. The number of rotatable bonds is 17. The number of aromatic nitrogens is 1. The molecule has 0 saturated carbocycles. The first kappa shape index (κ1) is 54.6. The van der Waals surface area contributed by atoms with Crippen LogP contribution in [0.15, 0.2) is 91.1 Å². The molecule has 15 N–H and O–H groups in total. The van der Waals surface area contributed by atoms with E-state index in [1.54, 1.807) is 60.8 Å². The number of aliphatic hydroxyl groups excluding tert-OH is 3. The molecule has 4 aromatic rings. The zero-order chi connectivity index (χ0) is 50.7. The number of benzene rings is 3. The number of aliphatic hydroxyl groups is 3. The van der Waals surface area contributed by atoms with Crippen molar-refractivity contribution in [2.75, 3.05) is 24.7 Å². The monoisotopic (exact) mass is 986 g/mol. The van der Waals surface area contributed by atoms with Crippen LogP contribution in [0.2, 0.25) is 0 Å². The third kappa shape index (κ3) is 16.1. The fourth-order valence-corrected chi connectivity index (χ4v) is 8.88. The van der Waals surface area contributed by atoms with Gasteiger partial charge in [0.25, 0.3) is 0 Å². The van der Waals surface area contributed by atoms with Gasteiger partial charge in [0.05, 0.1) is 30.9 Å². The Hall–Kier alpha value is -6.36. The molecule has 2 heterocycles. The van der Waals surface area contributed by atoms with Crippen LogP contribution in [0.3, 0.4) is 0 Å². The van der Waals surface area contributed by atoms with Gasteiger partial charge in [0.1, 0.15) is 36.3 Å². The number of H-pyrrole nitrogens is 1. The van der Waals surface area contributed by atoms with Crippen LogP contribution in [0.25, 0.3) is 10.9 Å². The Balaban J connectivity index is 1.58. The predicted molar refractivity (Wildman–Crippen MR) is 264 cm³/mol. The highest BCUT2D eigenvalue weighted by Gasteiger charge is 2.36. The molecular formula is C49H66N10O10S. The number of unbranched alkanes of at least 4 members (excludes halogenated alkanes) is 1. The lowest BCUT2D eigenvalue weighted by molar-refractivity contribution is -0.136. The number of nitrogens with two attached hydrogens (primary N) is 2. The molecule has 0 spiro atoms. The Morgan fingerprint density at radius 3 is 1.97 bits per heavy atom. The Morgan fingerprint density at radius 1 is 0.729 bits per heavy atom. The van der Waals surface area contributed by atoms with Crippen molar-refractivity contribution in [3.8, 4) is 0 Å². The number of thioether (sulfide) groups is 1. The van der Waals surface area contributed by atoms with Gasteiger partial charge in [-0.05, 0) is 68.8 Å². The number of hydrogen-bond donors (Lipinski definition) is 13. The summed E-state index contributed by atoms with van der Waals surface area (Å²) in [6.07, 6.45) is -0.223. The van der Waals surface area contributed by atoms with Gasteiger partial charge in [-0.1, -0.05) is 78.9 Å². The van der Waals surface area contributed by atoms with Gasteiger partial charge < -0.3 is 69.0 Å². The number of carbonyl (C=O) groups excluding carboxylic acids is 7. The zero-order valence-electron chi connectivity index (χ0n) is 39.3. The molecule has 3 aromatic carbocycles. The summed E-state index contributed by atoms with van der Waals surface area (Å²) in [4.78, 5) is 103. The van der Waals surface area contributed by atoms with E-state index in [9.17, 15) is 48.9 Å². The highest BCUT2D eigenvalue weighted by Crippen LogP contribution is 2.20. The summed E-state index contributed by atoms with van der Waals surface area (Å²) < 4.78 is 0. The average molecular weight is 987 g/mol. The fourth-order valence-electron chi connectivity index (χ4n) is 7.80. The van der Waals surface area contributed by atoms with Gasteiger partial charge in [-0.15, -0.1) is 0 Å². The van der Waals surface area contributed by atoms with Crippen molar-refractivity contribution in [1.29, 1.82) is 0 Å². The van der Waals surface area contributed by atoms with E-state index in [4.69, 9.17) is 11.5 Å². The third-order valence-electron chi connectivity index (χ3n) is 11.9. The Bertz CT molecular complexity index is 2370. The molecule has 378 valence electrons. The van der Waals surface area contributed by atoms with E-state index >= 15 is 0 Å². The van der Waals surface area contributed by atoms with Crippen molar-refractivity contribution >= 4 is 64.0 Å². The van der Waals surface area contributed by atoms with Crippen molar-refractivity contribution in [3.05, 3.63) is 108 Å². The second-order valence-corrected chi connectivity index (χ2v) is 18.5. The summed E-state index contributed by atoms with van der Waals surface area (Å²) in [5.74, 6) is -6.34. The minimum atomic E-state index is -1.68. The molecule has 0 unspecified atom stereocenters. The van der Waals surface area contributed by atoms with Gasteiger partial charge in [-0.2, -0.15) is 11.8 Å². The Labute approximate surface area is 410 Å². The van der Waals surface area contributed by atoms with E-state index in [0.29, 0.717) is 24.0 Å². The topological polar surface area (TPSA) is 332 Å². The van der Waals surface area contributed by atoms with Gasteiger partial charge in [0, 0.05) is 41.4 Å². The highest BCUT2D eigenvalue weighted by atomic mass is 32.2. The average Bonchev–Trinajstić information content (AvgIpc) is 3.75. The third-order valence-corrected chi connectivity index (χ3v) is 13.0. The quantitative estimate of drug-likeness (QED) is 0.0540. The number of fused-ring (bicyclic) bond motifs is 1. The molecule has 5 rings (SSSR count). The summed E-state index contributed by atoms with van der Waals surface area (Å²) in [5.41, 5.74) is 15.0. The number of amides is 7. The van der Waals surface area contributed by atoms with Gasteiger partial charge in [-0.3, -0.25) is 33.6 Å². The van der Waals surface area contributed by atoms with Crippen molar-refractivity contribution in [2.24, 2.45) is 11.5 Å². The molecule has 1 aromatic heterocycles. The van der Waals surface area contributed by atoms with Crippen LogP contribution < -0.4 is 48.7 Å². The van der Waals surface area contributed by atoms with Gasteiger partial charge >= 0.3 is 0 Å². The molecule has 70 heavy (non-hydrogen) atoms. The molecule has 1 fully saturated rings. The first-order valence-electron chi connectivity index (χ1n) is 23.3. The minimum Gasteiger partial charge on any atom is -0.394 e. The maximum Gasteiger partial charge on any atom is 0.245 e. The standard InChI is InChI=1S/C49H66N10O10S/c1-28(61)39(25-60)56-48(68)41-27-70-26-40(57-43(63)34(51)21-30-13-5-3-6-14-30)47(67)54-37(22-31-15-7-4-8-16-31)45(65)55-38(23-32-24-52-35-18-10-9-17-33(32)35)46(66)53-36(19-11-12-20-50)44(64)59-42(29(2)62)49(69)58-41/h3-10,13-18,24,28-29,34,36-42,52,60-62H,11-12,19-23,25-27,50-51H2,1-2H3,(H,53,66)(H,54,67)(H,55,65)(H,56,68)(H,57,63)(H,58,69)(H,59,64)/t28-,29-,34-,36+,37+,38-,39-,40+,41+,42+/m1/s1. The minimum absolute atomic E-state index is 0.0367. The van der Waals surface area contributed by atoms with E-state index in [0.717, 1.165) is 28.2 Å². The van der Waals surface area contributed by atoms with E-state index in [2.05, 4.69) is 42.2 Å². The molecule has 20 nitrogen and oxygen atoms in total. The maximum atomic E-state index is 14.7. The molecule has 1 aliphatic heterocycles. The van der Waals surface area contributed by atoms with Crippen LogP contribution in [-0.4, -0.2) is 147 Å². The Morgan fingerprint density at radius 2 is 1.33 bits per heavy atom. The normalized spacial score (nSPS) is 22.8. The second kappa shape index (κ2) is 27.1. The molecule has 0 bridgehead atoms. The summed E-state index contributed by atoms with van der Waals surface area (Å²) in [7, 11) is 0. The van der Waals surface area contributed by atoms with Gasteiger partial charge in [-0.25, -0.2) is 0 Å². The SMILES string of the molecule is C[C@@H](O)[C@@H]1NC(=O)[C@H](CCCCN)NC(=O)[C@@H](Cc2c[nH]c3ccccc23)NC(=O)[C@H](Cc2ccccc2)NC(=O)[C@@H](NC(=O)[C@H](N)Cc2ccccc2)CSC[C@@H](C(=O)N[C@H](CO)[C@@H](C)O)NC1=O. The van der Waals surface area contributed by atoms with Crippen molar-refractivity contribution in [2.45, 2.75) is 113 Å². The van der Waals surface area contributed by atoms with Crippen LogP contribution >= 0.6 is 11.8 Å². The summed E-state index contributed by atoms with van der Waals surface area (Å²) in [6.45, 7) is 2.19. The first-order chi connectivity index (χ1) is 33.6. The second-order valence-electron chi connectivity index (χ2n) is 17.4. The number of carbonyl (C=O) groups is 7. The number of nitrogens with one attached hydrogen (secondary N) is 8. The fraction of sp³-hybridized carbons (Fsp3) is 0.449. The molecular weight excluding hydrogens is 921 g/mol. The van der Waals surface area contributed by atoms with Crippen LogP contribution in [0.4, 0.5) is 0 Å². The predicted octanol–water partition coefficient (Wildman–Crippen LogP) is -1.45. The molecule has 0 radical (unpaired) electrons. The number of para-hydroxylation sites is 1. The van der Waals surface area contributed by atoms with Crippen molar-refractivity contribution in [1.82, 2.24) is 42.2 Å². The van der Waals surface area contributed by atoms with Gasteiger partial charge in [0.2, 0.25) is 41.4 Å². The lowest BCUT2D eigenvalue weighted by Gasteiger charge is -2.28. The van der Waals surface area contributed by atoms with Crippen LogP contribution in [0.5, 0.6) is 0 Å². The highest BCUT2D eigenvalue weighted by molar-refractivity contribution is 7.99. The lowest BCUT2D eigenvalue weighted by atomic mass is 10.0. The summed E-state index contributed by atoms with van der Waals surface area (Å²) in [6, 6.07) is 14.3. The molecule has 0 aliphatic carbocycles. The first-order valence-corrected chi connectivity index (χ1v) is 24.5. The number of hydrogen-bond acceptors (Lipinski definition) is 13. The molecule has 1 aliphatic rings. The van der Waals surface area contributed by atoms with Crippen molar-refractivity contribution in [3.63, 3.8) is 0 Å². The molecule has 1 saturated heterocycles.